The van der Waals surface area contributed by atoms with Gasteiger partial charge in [-0.2, -0.15) is 0 Å². The van der Waals surface area contributed by atoms with Crippen molar-refractivity contribution in [3.05, 3.63) is 59.2 Å². The van der Waals surface area contributed by atoms with E-state index in [1.54, 1.807) is 17.0 Å². The molecule has 1 fully saturated rings. The molecule has 2 aromatic heterocycles. The first-order chi connectivity index (χ1) is 15.9. The number of carbonyl (C=O) groups excluding carboxylic acids is 2. The second-order valence-corrected chi connectivity index (χ2v) is 7.91. The molecule has 174 valence electrons. The van der Waals surface area contributed by atoms with E-state index in [1.807, 2.05) is 22.7 Å². The molecule has 1 aromatic carbocycles. The molecular formula is C24H27FN4O4. The summed E-state index contributed by atoms with van der Waals surface area (Å²) in [6, 6.07) is 8.37. The van der Waals surface area contributed by atoms with Crippen LogP contribution in [0, 0.1) is 5.82 Å². The minimum atomic E-state index is -0.530. The van der Waals surface area contributed by atoms with Gasteiger partial charge in [0.1, 0.15) is 11.5 Å². The van der Waals surface area contributed by atoms with Gasteiger partial charge in [0.2, 0.25) is 0 Å². The van der Waals surface area contributed by atoms with Gasteiger partial charge in [0.15, 0.2) is 0 Å². The largest absolute Gasteiger partial charge is 0.453 e. The van der Waals surface area contributed by atoms with E-state index in [2.05, 4.69) is 12.2 Å². The van der Waals surface area contributed by atoms with Crippen LogP contribution in [0.4, 0.5) is 9.18 Å². The number of pyridine rings is 1. The molecule has 1 aliphatic heterocycles. The number of morpholine rings is 1. The summed E-state index contributed by atoms with van der Waals surface area (Å²) in [5.74, 6) is -0.890. The normalized spacial score (nSPS) is 16.1. The van der Waals surface area contributed by atoms with Crippen molar-refractivity contribution in [1.29, 1.82) is 0 Å². The quantitative estimate of drug-likeness (QED) is 0.641. The molecule has 0 radical (unpaired) electrons. The first-order valence-electron chi connectivity index (χ1n) is 10.9. The van der Waals surface area contributed by atoms with E-state index in [9.17, 15) is 9.59 Å². The van der Waals surface area contributed by atoms with Crippen molar-refractivity contribution in [2.45, 2.75) is 25.9 Å². The second-order valence-electron chi connectivity index (χ2n) is 7.91. The first-order valence-corrected chi connectivity index (χ1v) is 10.9. The number of imidazole rings is 1. The van der Waals surface area contributed by atoms with Crippen LogP contribution in [0.15, 0.2) is 36.5 Å². The van der Waals surface area contributed by atoms with Crippen LogP contribution in [0.25, 0.3) is 16.9 Å². The average Bonchev–Trinajstić information content (AvgIpc) is 3.19. The Morgan fingerprint density at radius 2 is 2.12 bits per heavy atom. The summed E-state index contributed by atoms with van der Waals surface area (Å²) in [5.41, 5.74) is 3.63. The van der Waals surface area contributed by atoms with E-state index in [0.29, 0.717) is 43.0 Å². The molecule has 1 saturated heterocycles. The van der Waals surface area contributed by atoms with Crippen LogP contribution in [0.1, 0.15) is 28.5 Å². The third kappa shape index (κ3) is 4.54. The lowest BCUT2D eigenvalue weighted by Gasteiger charge is -2.32. The molecule has 3 aromatic rings. The summed E-state index contributed by atoms with van der Waals surface area (Å²) < 4.78 is 27.8. The number of nitrogens with one attached hydrogen (secondary N) is 1. The van der Waals surface area contributed by atoms with E-state index >= 15 is 4.39 Å². The minimum absolute atomic E-state index is 0.238. The lowest BCUT2D eigenvalue weighted by molar-refractivity contribution is -0.0241. The summed E-state index contributed by atoms with van der Waals surface area (Å²) in [7, 11) is 2.85. The molecule has 0 saturated carbocycles. The second kappa shape index (κ2) is 9.58. The Morgan fingerprint density at radius 1 is 1.30 bits per heavy atom. The van der Waals surface area contributed by atoms with Crippen LogP contribution >= 0.6 is 0 Å². The van der Waals surface area contributed by atoms with Crippen molar-refractivity contribution < 1.29 is 23.5 Å². The number of halogens is 1. The summed E-state index contributed by atoms with van der Waals surface area (Å²) >= 11 is 0. The van der Waals surface area contributed by atoms with Gasteiger partial charge in [0.05, 0.1) is 37.8 Å². The lowest BCUT2D eigenvalue weighted by Crippen LogP contribution is -2.46. The molecule has 2 amide bonds. The number of nitrogens with zero attached hydrogens (tertiary/aromatic N) is 3. The van der Waals surface area contributed by atoms with Gasteiger partial charge >= 0.3 is 6.09 Å². The summed E-state index contributed by atoms with van der Waals surface area (Å²) in [6.07, 6.45) is 2.51. The Balaban J connectivity index is 1.76. The van der Waals surface area contributed by atoms with Gasteiger partial charge in [0.25, 0.3) is 5.91 Å². The molecule has 1 aliphatic rings. The third-order valence-corrected chi connectivity index (χ3v) is 5.90. The molecule has 3 heterocycles. The van der Waals surface area contributed by atoms with E-state index in [-0.39, 0.29) is 17.6 Å². The number of aryl methyl sites for hydroxylation is 1. The highest BCUT2D eigenvalue weighted by Gasteiger charge is 2.28. The Bertz CT molecular complexity index is 1190. The molecule has 0 bridgehead atoms. The van der Waals surface area contributed by atoms with Crippen molar-refractivity contribution in [3.8, 4) is 11.3 Å². The van der Waals surface area contributed by atoms with Crippen molar-refractivity contribution in [1.82, 2.24) is 19.6 Å². The molecule has 1 atom stereocenters. The fourth-order valence-electron chi connectivity index (χ4n) is 4.11. The number of amides is 2. The monoisotopic (exact) mass is 454 g/mol. The predicted molar refractivity (Wildman–Crippen MR) is 121 cm³/mol. The number of aromatic nitrogens is 2. The highest BCUT2D eigenvalue weighted by Crippen LogP contribution is 2.30. The number of hydrogen-bond donors (Lipinski definition) is 1. The SMILES string of the molecule is CCc1ccn2c(C[C@H]3CN(C(=O)OC)CCO3)c(-c3ccc(C(=O)NC)cc3F)nc2c1. The van der Waals surface area contributed by atoms with E-state index in [0.717, 1.165) is 17.7 Å². The Morgan fingerprint density at radius 3 is 2.82 bits per heavy atom. The molecule has 8 nitrogen and oxygen atoms in total. The molecule has 0 unspecified atom stereocenters. The molecule has 9 heteroatoms. The fourth-order valence-corrected chi connectivity index (χ4v) is 4.11. The standard InChI is InChI=1S/C24H27FN4O4/c1-4-15-7-8-29-20(13-17-14-28(9-10-33-17)24(31)32-3)22(27-21(29)11-15)18-6-5-16(12-19(18)25)23(30)26-2/h5-8,11-12,17H,4,9-10,13-14H2,1-3H3,(H,26,30)/t17-/m0/s1. The van der Waals surface area contributed by atoms with Crippen LogP contribution in [0.3, 0.4) is 0 Å². The number of carbonyl (C=O) groups is 2. The smallest absolute Gasteiger partial charge is 0.409 e. The number of fused-ring (bicyclic) bond motifs is 1. The molecular weight excluding hydrogens is 427 g/mol. The van der Waals surface area contributed by atoms with Gasteiger partial charge in [-0.3, -0.25) is 4.79 Å². The molecule has 0 spiro atoms. The van der Waals surface area contributed by atoms with Gasteiger partial charge < -0.3 is 24.1 Å². The number of ether oxygens (including phenoxy) is 2. The lowest BCUT2D eigenvalue weighted by atomic mass is 10.0. The number of methoxy groups -OCH3 is 1. The van der Waals surface area contributed by atoms with Crippen molar-refractivity contribution >= 4 is 17.6 Å². The topological polar surface area (TPSA) is 85.2 Å². The van der Waals surface area contributed by atoms with Gasteiger partial charge in [-0.05, 0) is 42.3 Å². The first kappa shape index (κ1) is 22.7. The predicted octanol–water partition coefficient (Wildman–Crippen LogP) is 3.07. The summed E-state index contributed by atoms with van der Waals surface area (Å²) in [5, 5.41) is 2.50. The molecule has 33 heavy (non-hydrogen) atoms. The van der Waals surface area contributed by atoms with Crippen LogP contribution in [0.5, 0.6) is 0 Å². The zero-order valence-corrected chi connectivity index (χ0v) is 18.9. The van der Waals surface area contributed by atoms with Gasteiger partial charge in [-0.1, -0.05) is 6.92 Å². The van der Waals surface area contributed by atoms with Gasteiger partial charge in [-0.25, -0.2) is 14.2 Å². The fraction of sp³-hybridized carbons (Fsp3) is 0.375. The van der Waals surface area contributed by atoms with E-state index < -0.39 is 11.9 Å². The Hall–Kier alpha value is -3.46. The zero-order valence-electron chi connectivity index (χ0n) is 18.9. The third-order valence-electron chi connectivity index (χ3n) is 5.90. The van der Waals surface area contributed by atoms with E-state index in [1.165, 1.54) is 20.2 Å². The van der Waals surface area contributed by atoms with Crippen LogP contribution in [-0.2, 0) is 22.3 Å². The highest BCUT2D eigenvalue weighted by molar-refractivity contribution is 5.94. The minimum Gasteiger partial charge on any atom is -0.453 e. The maximum atomic E-state index is 15.1. The molecule has 4 rings (SSSR count). The maximum Gasteiger partial charge on any atom is 0.409 e. The maximum absolute atomic E-state index is 15.1. The Labute approximate surface area is 191 Å². The number of benzene rings is 1. The molecule has 0 aliphatic carbocycles. The van der Waals surface area contributed by atoms with Crippen LogP contribution < -0.4 is 5.32 Å². The Kier molecular flexibility index (Phi) is 6.60. The van der Waals surface area contributed by atoms with Gasteiger partial charge in [0, 0.05) is 37.3 Å². The zero-order chi connectivity index (χ0) is 23.5. The highest BCUT2D eigenvalue weighted by atomic mass is 19.1. The van der Waals surface area contributed by atoms with Crippen molar-refractivity contribution in [3.63, 3.8) is 0 Å². The van der Waals surface area contributed by atoms with Crippen LogP contribution in [0.2, 0.25) is 0 Å². The number of hydrogen-bond acceptors (Lipinski definition) is 5. The van der Waals surface area contributed by atoms with Crippen molar-refractivity contribution in [2.24, 2.45) is 0 Å². The van der Waals surface area contributed by atoms with Crippen LogP contribution in [-0.4, -0.2) is 66.2 Å². The summed E-state index contributed by atoms with van der Waals surface area (Å²) in [6.45, 7) is 3.27. The number of rotatable bonds is 5. The van der Waals surface area contributed by atoms with E-state index in [4.69, 9.17) is 14.5 Å². The van der Waals surface area contributed by atoms with Crippen molar-refractivity contribution in [2.75, 3.05) is 33.9 Å². The van der Waals surface area contributed by atoms with Gasteiger partial charge in [-0.15, -0.1) is 0 Å². The summed E-state index contributed by atoms with van der Waals surface area (Å²) in [4.78, 5) is 30.2. The molecule has 1 N–H and O–H groups in total. The average molecular weight is 455 g/mol.